The smallest absolute Gasteiger partial charge is 0.387 e. The molecule has 1 heterocycles. The number of benzene rings is 1. The molecule has 7 heteroatoms. The quantitative estimate of drug-likeness (QED) is 0.866. The van der Waals surface area contributed by atoms with Gasteiger partial charge in [0.05, 0.1) is 6.61 Å². The maximum atomic E-state index is 12.4. The maximum Gasteiger partial charge on any atom is 0.387 e. The molecule has 1 aliphatic heterocycles. The highest BCUT2D eigenvalue weighted by Gasteiger charge is 2.17. The van der Waals surface area contributed by atoms with Crippen LogP contribution < -0.4 is 14.8 Å². The molecule has 1 aromatic rings. The Morgan fingerprint density at radius 3 is 2.77 bits per heavy atom. The van der Waals surface area contributed by atoms with Crippen LogP contribution in [0.15, 0.2) is 18.2 Å². The van der Waals surface area contributed by atoms with Crippen LogP contribution in [-0.4, -0.2) is 43.8 Å². The Morgan fingerprint density at radius 2 is 2.14 bits per heavy atom. The average Bonchev–Trinajstić information content (AvgIpc) is 2.41. The summed E-state index contributed by atoms with van der Waals surface area (Å²) < 4.78 is 34.6. The lowest BCUT2D eigenvalue weighted by Crippen LogP contribution is -2.48. The van der Waals surface area contributed by atoms with Gasteiger partial charge in [0, 0.05) is 32.2 Å². The van der Waals surface area contributed by atoms with Gasteiger partial charge in [-0.3, -0.25) is 4.90 Å². The van der Waals surface area contributed by atoms with Gasteiger partial charge in [-0.05, 0) is 31.5 Å². The van der Waals surface area contributed by atoms with E-state index in [1.807, 2.05) is 13.0 Å². The van der Waals surface area contributed by atoms with Crippen molar-refractivity contribution in [3.05, 3.63) is 23.8 Å². The fourth-order valence-electron chi connectivity index (χ4n) is 2.53. The van der Waals surface area contributed by atoms with Crippen LogP contribution >= 0.6 is 12.4 Å². The van der Waals surface area contributed by atoms with E-state index in [9.17, 15) is 8.78 Å². The van der Waals surface area contributed by atoms with Gasteiger partial charge in [-0.25, -0.2) is 0 Å². The van der Waals surface area contributed by atoms with Gasteiger partial charge in [0.25, 0.3) is 0 Å². The van der Waals surface area contributed by atoms with Crippen LogP contribution in [0.4, 0.5) is 8.78 Å². The third kappa shape index (κ3) is 5.59. The normalized spacial score (nSPS) is 18.9. The van der Waals surface area contributed by atoms with E-state index in [1.165, 1.54) is 0 Å². The molecule has 22 heavy (non-hydrogen) atoms. The molecule has 0 saturated carbocycles. The molecular formula is C15H23ClF2N2O2. The zero-order valence-electron chi connectivity index (χ0n) is 12.9. The molecule has 2 rings (SSSR count). The summed E-state index contributed by atoms with van der Waals surface area (Å²) in [7, 11) is 0. The molecule has 0 radical (unpaired) electrons. The molecule has 0 aromatic heterocycles. The lowest BCUT2D eigenvalue weighted by Gasteiger charge is -2.31. The SMILES string of the molecule is CCOc1cc(CN2CCN[C@@H](C)C2)ccc1OC(F)F.Cl. The van der Waals surface area contributed by atoms with Crippen molar-refractivity contribution in [3.63, 3.8) is 0 Å². The number of rotatable bonds is 6. The van der Waals surface area contributed by atoms with E-state index in [1.54, 1.807) is 12.1 Å². The lowest BCUT2D eigenvalue weighted by molar-refractivity contribution is -0.0514. The van der Waals surface area contributed by atoms with Crippen molar-refractivity contribution in [2.45, 2.75) is 33.0 Å². The molecule has 1 N–H and O–H groups in total. The summed E-state index contributed by atoms with van der Waals surface area (Å²) in [4.78, 5) is 2.33. The monoisotopic (exact) mass is 336 g/mol. The van der Waals surface area contributed by atoms with E-state index in [4.69, 9.17) is 4.74 Å². The Hall–Kier alpha value is -1.11. The number of halogens is 3. The van der Waals surface area contributed by atoms with Crippen LogP contribution in [0.3, 0.4) is 0 Å². The van der Waals surface area contributed by atoms with Crippen LogP contribution in [0.2, 0.25) is 0 Å². The number of hydrogen-bond acceptors (Lipinski definition) is 4. The summed E-state index contributed by atoms with van der Waals surface area (Å²) in [5.41, 5.74) is 1.04. The number of nitrogens with zero attached hydrogens (tertiary/aromatic N) is 1. The minimum Gasteiger partial charge on any atom is -0.490 e. The summed E-state index contributed by atoms with van der Waals surface area (Å²) in [5, 5.41) is 3.39. The molecule has 0 spiro atoms. The summed E-state index contributed by atoms with van der Waals surface area (Å²) in [5.74, 6) is 0.461. The molecule has 0 unspecified atom stereocenters. The lowest BCUT2D eigenvalue weighted by atomic mass is 10.1. The molecular weight excluding hydrogens is 314 g/mol. The maximum absolute atomic E-state index is 12.4. The fraction of sp³-hybridized carbons (Fsp3) is 0.600. The first-order valence-electron chi connectivity index (χ1n) is 7.24. The van der Waals surface area contributed by atoms with Crippen molar-refractivity contribution < 1.29 is 18.3 Å². The average molecular weight is 337 g/mol. The Labute approximate surface area is 136 Å². The van der Waals surface area contributed by atoms with Crippen molar-refractivity contribution in [2.24, 2.45) is 0 Å². The van der Waals surface area contributed by atoms with Crippen LogP contribution in [-0.2, 0) is 6.54 Å². The van der Waals surface area contributed by atoms with Gasteiger partial charge < -0.3 is 14.8 Å². The molecule has 0 bridgehead atoms. The highest BCUT2D eigenvalue weighted by atomic mass is 35.5. The summed E-state index contributed by atoms with van der Waals surface area (Å²) in [6.45, 7) is 5.22. The second-order valence-corrected chi connectivity index (χ2v) is 5.18. The number of hydrogen-bond donors (Lipinski definition) is 1. The van der Waals surface area contributed by atoms with E-state index in [-0.39, 0.29) is 18.2 Å². The highest BCUT2D eigenvalue weighted by Crippen LogP contribution is 2.30. The van der Waals surface area contributed by atoms with E-state index >= 15 is 0 Å². The van der Waals surface area contributed by atoms with Gasteiger partial charge in [0.15, 0.2) is 11.5 Å². The minimum absolute atomic E-state index is 0. The first-order chi connectivity index (χ1) is 10.1. The van der Waals surface area contributed by atoms with Crippen molar-refractivity contribution in [1.29, 1.82) is 0 Å². The van der Waals surface area contributed by atoms with Gasteiger partial charge in [0.2, 0.25) is 0 Å². The van der Waals surface area contributed by atoms with Crippen molar-refractivity contribution in [1.82, 2.24) is 10.2 Å². The Kier molecular flexibility index (Phi) is 7.85. The zero-order chi connectivity index (χ0) is 15.2. The Morgan fingerprint density at radius 1 is 1.36 bits per heavy atom. The third-order valence-corrected chi connectivity index (χ3v) is 3.38. The minimum atomic E-state index is -2.84. The summed E-state index contributed by atoms with van der Waals surface area (Å²) in [6.07, 6.45) is 0. The molecule has 0 aliphatic carbocycles. The van der Waals surface area contributed by atoms with Gasteiger partial charge >= 0.3 is 6.61 Å². The number of alkyl halides is 2. The van der Waals surface area contributed by atoms with Crippen LogP contribution in [0.1, 0.15) is 19.4 Å². The van der Waals surface area contributed by atoms with Crippen molar-refractivity contribution in [2.75, 3.05) is 26.2 Å². The predicted octanol–water partition coefficient (Wildman–Crippen LogP) is 2.90. The highest BCUT2D eigenvalue weighted by molar-refractivity contribution is 5.85. The van der Waals surface area contributed by atoms with Crippen LogP contribution in [0, 0.1) is 0 Å². The molecule has 0 amide bonds. The first-order valence-corrected chi connectivity index (χ1v) is 7.24. The van der Waals surface area contributed by atoms with E-state index in [0.29, 0.717) is 18.4 Å². The summed E-state index contributed by atoms with van der Waals surface area (Å²) in [6, 6.07) is 5.62. The fourth-order valence-corrected chi connectivity index (χ4v) is 2.53. The summed E-state index contributed by atoms with van der Waals surface area (Å²) >= 11 is 0. The Bertz CT molecular complexity index is 463. The molecule has 126 valence electrons. The van der Waals surface area contributed by atoms with Gasteiger partial charge in [-0.1, -0.05) is 6.07 Å². The third-order valence-electron chi connectivity index (χ3n) is 3.38. The van der Waals surface area contributed by atoms with Crippen molar-refractivity contribution >= 4 is 12.4 Å². The van der Waals surface area contributed by atoms with E-state index in [0.717, 1.165) is 31.7 Å². The van der Waals surface area contributed by atoms with Gasteiger partial charge in [-0.2, -0.15) is 8.78 Å². The van der Waals surface area contributed by atoms with Gasteiger partial charge in [-0.15, -0.1) is 12.4 Å². The standard InChI is InChI=1S/C15H22F2N2O2.ClH/c1-3-20-14-8-12(4-5-13(14)21-15(16)17)10-19-7-6-18-11(2)9-19;/h4-5,8,11,15,18H,3,6-7,9-10H2,1-2H3;1H/t11-;/m0./s1. The second kappa shape index (κ2) is 9.12. The van der Waals surface area contributed by atoms with Crippen LogP contribution in [0.5, 0.6) is 11.5 Å². The van der Waals surface area contributed by atoms with Gasteiger partial charge in [0.1, 0.15) is 0 Å². The first kappa shape index (κ1) is 18.9. The second-order valence-electron chi connectivity index (χ2n) is 5.18. The molecule has 1 aromatic carbocycles. The predicted molar refractivity (Wildman–Crippen MR) is 84.2 cm³/mol. The number of nitrogens with one attached hydrogen (secondary N) is 1. The number of ether oxygens (including phenoxy) is 2. The molecule has 1 atom stereocenters. The van der Waals surface area contributed by atoms with Crippen LogP contribution in [0.25, 0.3) is 0 Å². The van der Waals surface area contributed by atoms with Crippen molar-refractivity contribution in [3.8, 4) is 11.5 Å². The number of piperazine rings is 1. The molecule has 4 nitrogen and oxygen atoms in total. The molecule has 1 fully saturated rings. The molecule has 1 saturated heterocycles. The molecule has 1 aliphatic rings. The van der Waals surface area contributed by atoms with E-state index < -0.39 is 6.61 Å². The largest absolute Gasteiger partial charge is 0.490 e. The Balaban J connectivity index is 0.00000242. The zero-order valence-corrected chi connectivity index (χ0v) is 13.7. The topological polar surface area (TPSA) is 33.7 Å². The van der Waals surface area contributed by atoms with E-state index in [2.05, 4.69) is 21.9 Å².